The van der Waals surface area contributed by atoms with Gasteiger partial charge in [-0.15, -0.1) is 11.3 Å². The summed E-state index contributed by atoms with van der Waals surface area (Å²) in [6, 6.07) is 58.4. The number of nitrogens with one attached hydrogen (secondary N) is 1. The number of hydrogen-bond acceptors (Lipinski definition) is 3. The molecule has 1 aliphatic rings. The maximum atomic E-state index is 5.43. The van der Waals surface area contributed by atoms with Crippen LogP contribution < -0.4 is 4.57 Å². The first kappa shape index (κ1) is 28.8. The highest BCUT2D eigenvalue weighted by atomic mass is 32.1. The molecule has 0 bridgehead atoms. The Balaban J connectivity index is 1.19. The topological polar surface area (TPSA) is 50.4 Å². The van der Waals surface area contributed by atoms with Crippen LogP contribution >= 0.6 is 11.3 Å². The van der Waals surface area contributed by atoms with Crippen LogP contribution in [0, 0.1) is 0 Å². The van der Waals surface area contributed by atoms with Crippen molar-refractivity contribution in [2.24, 2.45) is 0 Å². The van der Waals surface area contributed by atoms with Gasteiger partial charge in [0.15, 0.2) is 11.0 Å². The van der Waals surface area contributed by atoms with E-state index in [1.807, 2.05) is 17.4 Å². The van der Waals surface area contributed by atoms with Crippen LogP contribution in [0.25, 0.3) is 110 Å². The fourth-order valence-corrected chi connectivity index (χ4v) is 9.55. The van der Waals surface area contributed by atoms with Crippen LogP contribution in [0.2, 0.25) is 0 Å². The van der Waals surface area contributed by atoms with Crippen LogP contribution in [-0.4, -0.2) is 19.5 Å². The summed E-state index contributed by atoms with van der Waals surface area (Å²) in [5.74, 6) is 1.70. The summed E-state index contributed by atoms with van der Waals surface area (Å²) in [5, 5.41) is 4.91. The number of hydrogen-bond donors (Lipinski definition) is 1. The summed E-state index contributed by atoms with van der Waals surface area (Å²) in [5.41, 5.74) is 12.9. The van der Waals surface area contributed by atoms with Crippen LogP contribution in [-0.2, 0) is 0 Å². The number of imidazole rings is 1. The zero-order chi connectivity index (χ0) is 34.6. The zero-order valence-electron chi connectivity index (χ0n) is 28.3. The molecule has 1 aliphatic heterocycles. The van der Waals surface area contributed by atoms with Crippen molar-refractivity contribution in [2.45, 2.75) is 0 Å². The van der Waals surface area contributed by atoms with E-state index in [1.54, 1.807) is 0 Å². The molecule has 0 unspecified atom stereocenters. The Morgan fingerprint density at radius 2 is 1.21 bits per heavy atom. The van der Waals surface area contributed by atoms with Crippen molar-refractivity contribution in [3.8, 4) is 56.7 Å². The van der Waals surface area contributed by atoms with Gasteiger partial charge in [0.2, 0.25) is 5.95 Å². The van der Waals surface area contributed by atoms with E-state index in [9.17, 15) is 0 Å². The van der Waals surface area contributed by atoms with Crippen molar-refractivity contribution in [3.05, 3.63) is 164 Å². The number of para-hydroxylation sites is 1. The van der Waals surface area contributed by atoms with Crippen LogP contribution in [0.4, 0.5) is 0 Å². The number of fused-ring (bicyclic) bond motifs is 6. The molecular formula is C47H28N5S+. The van der Waals surface area contributed by atoms with Crippen LogP contribution in [0.5, 0.6) is 0 Å². The molecule has 0 saturated carbocycles. The Labute approximate surface area is 307 Å². The molecule has 0 radical (unpaired) electrons. The number of rotatable bonds is 4. The Kier molecular flexibility index (Phi) is 5.87. The highest BCUT2D eigenvalue weighted by Crippen LogP contribution is 2.45. The molecule has 53 heavy (non-hydrogen) atoms. The third-order valence-electron chi connectivity index (χ3n) is 10.8. The van der Waals surface area contributed by atoms with Gasteiger partial charge in [-0.3, -0.25) is 4.57 Å². The van der Waals surface area contributed by atoms with Gasteiger partial charge in [0.25, 0.3) is 5.82 Å². The van der Waals surface area contributed by atoms with Crippen molar-refractivity contribution in [1.29, 1.82) is 0 Å². The van der Waals surface area contributed by atoms with E-state index in [0.717, 1.165) is 61.7 Å². The van der Waals surface area contributed by atoms with Gasteiger partial charge in [-0.25, -0.2) is 15.0 Å². The van der Waals surface area contributed by atoms with Crippen molar-refractivity contribution in [2.75, 3.05) is 0 Å². The van der Waals surface area contributed by atoms with Crippen LogP contribution in [0.15, 0.2) is 164 Å². The second-order valence-corrected chi connectivity index (χ2v) is 14.8. The molecule has 0 amide bonds. The molecule has 7 aromatic carbocycles. The molecule has 5 nitrogen and oxygen atoms in total. The summed E-state index contributed by atoms with van der Waals surface area (Å²) in [7, 11) is 0. The van der Waals surface area contributed by atoms with E-state index >= 15 is 0 Å². The molecule has 0 atom stereocenters. The standard InChI is InChI=1S/C47H27N5S/c1-3-12-28(13-4-1)36-27-37(30-22-25-42-34(26-30)32-17-8-10-21-41(32)53-42)50-47(49-36)51-39-20-11-18-33-31-16-7-9-19-38(31)52-45-35(23-24-40(51)44(45)43(33)39)48-46(52)29-14-5-2-6-15-29/h1-27H/p+1. The molecule has 4 aromatic heterocycles. The average molecular weight is 695 g/mol. The summed E-state index contributed by atoms with van der Waals surface area (Å²) in [6.07, 6.45) is 0. The molecular weight excluding hydrogens is 667 g/mol. The van der Waals surface area contributed by atoms with Gasteiger partial charge >= 0.3 is 0 Å². The third-order valence-corrected chi connectivity index (χ3v) is 11.9. The second kappa shape index (κ2) is 10.8. The number of benzene rings is 7. The fraction of sp³-hybridized carbons (Fsp3) is 0. The lowest BCUT2D eigenvalue weighted by molar-refractivity contribution is -0.553. The smallest absolute Gasteiger partial charge is 0.278 e. The third kappa shape index (κ3) is 4.09. The summed E-state index contributed by atoms with van der Waals surface area (Å²) in [4.78, 5) is 14.6. The van der Waals surface area contributed by atoms with Crippen LogP contribution in [0.1, 0.15) is 0 Å². The SMILES string of the molecule is c1ccc(-c2cc(-c3ccc4sc5ccccc5c4c3)nc(-n3c4cccc5c4c4c3ccc3[nH]c(-c6ccccc6)[n+](c34)-c3ccccc3-5)n2)cc1. The maximum Gasteiger partial charge on any atom is 0.292 e. The first-order valence-corrected chi connectivity index (χ1v) is 18.7. The highest BCUT2D eigenvalue weighted by Gasteiger charge is 2.33. The molecule has 0 fully saturated rings. The van der Waals surface area contributed by atoms with Crippen molar-refractivity contribution in [1.82, 2.24) is 19.5 Å². The number of aromatic amines is 1. The van der Waals surface area contributed by atoms with Crippen LogP contribution in [0.3, 0.4) is 0 Å². The van der Waals surface area contributed by atoms with Gasteiger partial charge in [0.1, 0.15) is 5.69 Å². The highest BCUT2D eigenvalue weighted by molar-refractivity contribution is 7.25. The summed E-state index contributed by atoms with van der Waals surface area (Å²) < 4.78 is 7.26. The lowest BCUT2D eigenvalue weighted by atomic mass is 9.99. The first-order valence-electron chi connectivity index (χ1n) is 17.8. The zero-order valence-corrected chi connectivity index (χ0v) is 29.1. The van der Waals surface area contributed by atoms with Gasteiger partial charge in [0, 0.05) is 42.2 Å². The van der Waals surface area contributed by atoms with Gasteiger partial charge in [-0.2, -0.15) is 4.57 Å². The minimum atomic E-state index is 0.646. The Hall–Kier alpha value is -6.89. The summed E-state index contributed by atoms with van der Waals surface area (Å²) >= 11 is 1.83. The van der Waals surface area contributed by atoms with Crippen molar-refractivity contribution >= 4 is 64.3 Å². The predicted molar refractivity (Wildman–Crippen MR) is 218 cm³/mol. The van der Waals surface area contributed by atoms with E-state index < -0.39 is 0 Å². The number of thiophene rings is 1. The molecule has 11 aromatic rings. The van der Waals surface area contributed by atoms with E-state index in [2.05, 4.69) is 172 Å². The molecule has 12 rings (SSSR count). The number of nitrogens with zero attached hydrogens (tertiary/aromatic N) is 4. The Morgan fingerprint density at radius 1 is 0.509 bits per heavy atom. The van der Waals surface area contributed by atoms with Gasteiger partial charge in [-0.1, -0.05) is 103 Å². The molecule has 0 spiro atoms. The van der Waals surface area contributed by atoms with Crippen molar-refractivity contribution < 1.29 is 4.57 Å². The fourth-order valence-electron chi connectivity index (χ4n) is 8.46. The second-order valence-electron chi connectivity index (χ2n) is 13.7. The molecule has 1 N–H and O–H groups in total. The van der Waals surface area contributed by atoms with Crippen molar-refractivity contribution in [3.63, 3.8) is 0 Å². The lowest BCUT2D eigenvalue weighted by Gasteiger charge is -2.13. The minimum absolute atomic E-state index is 0.646. The molecule has 0 saturated heterocycles. The Morgan fingerprint density at radius 3 is 2.08 bits per heavy atom. The van der Waals surface area contributed by atoms with E-state index in [4.69, 9.17) is 9.97 Å². The van der Waals surface area contributed by atoms with E-state index in [-0.39, 0.29) is 0 Å². The maximum absolute atomic E-state index is 5.43. The lowest BCUT2D eigenvalue weighted by Crippen LogP contribution is -2.32. The molecule has 6 heteroatoms. The quantitative estimate of drug-likeness (QED) is 0.186. The average Bonchev–Trinajstić information content (AvgIpc) is 3.88. The minimum Gasteiger partial charge on any atom is -0.278 e. The summed E-state index contributed by atoms with van der Waals surface area (Å²) in [6.45, 7) is 0. The number of H-pyrrole nitrogens is 1. The predicted octanol–water partition coefficient (Wildman–Crippen LogP) is 11.7. The first-order chi connectivity index (χ1) is 26.3. The Bertz CT molecular complexity index is 3280. The van der Waals surface area contributed by atoms with E-state index in [1.165, 1.54) is 42.1 Å². The number of aromatic nitrogens is 5. The molecule has 0 aliphatic carbocycles. The molecule has 246 valence electrons. The van der Waals surface area contributed by atoms with Gasteiger partial charge in [0.05, 0.1) is 33.4 Å². The largest absolute Gasteiger partial charge is 0.292 e. The van der Waals surface area contributed by atoms with Gasteiger partial charge < -0.3 is 0 Å². The van der Waals surface area contributed by atoms with E-state index in [0.29, 0.717) is 5.95 Å². The monoisotopic (exact) mass is 694 g/mol. The molecule has 5 heterocycles. The normalized spacial score (nSPS) is 12.2. The van der Waals surface area contributed by atoms with Gasteiger partial charge in [-0.05, 0) is 66.2 Å².